The van der Waals surface area contributed by atoms with Gasteiger partial charge in [0.1, 0.15) is 12.2 Å². The minimum atomic E-state index is 0.185. The number of rotatable bonds is 4. The second-order valence-corrected chi connectivity index (χ2v) is 3.90. The number of hydrogen-bond acceptors (Lipinski definition) is 3. The van der Waals surface area contributed by atoms with Crippen LogP contribution in [0.2, 0.25) is 0 Å². The summed E-state index contributed by atoms with van der Waals surface area (Å²) in [5.41, 5.74) is 2.57. The van der Waals surface area contributed by atoms with Gasteiger partial charge < -0.3 is 5.32 Å². The SMILES string of the molecule is CNC(Cc1ccc(C)cc1)c1ncn[nH]1. The summed E-state index contributed by atoms with van der Waals surface area (Å²) in [5, 5.41) is 10.0. The lowest BCUT2D eigenvalue weighted by Crippen LogP contribution is -2.20. The highest BCUT2D eigenvalue weighted by Crippen LogP contribution is 2.14. The molecule has 1 atom stereocenters. The first kappa shape index (κ1) is 10.8. The van der Waals surface area contributed by atoms with E-state index in [1.54, 1.807) is 0 Å². The second kappa shape index (κ2) is 4.90. The smallest absolute Gasteiger partial charge is 0.141 e. The highest BCUT2D eigenvalue weighted by atomic mass is 15.2. The number of benzene rings is 1. The van der Waals surface area contributed by atoms with Crippen LogP contribution in [0.3, 0.4) is 0 Å². The summed E-state index contributed by atoms with van der Waals surface area (Å²) in [7, 11) is 1.93. The van der Waals surface area contributed by atoms with E-state index in [1.165, 1.54) is 17.5 Å². The normalized spacial score (nSPS) is 12.6. The summed E-state index contributed by atoms with van der Waals surface area (Å²) in [5.74, 6) is 0.878. The molecule has 0 aliphatic rings. The molecule has 2 aromatic rings. The van der Waals surface area contributed by atoms with Crippen LogP contribution in [0.25, 0.3) is 0 Å². The van der Waals surface area contributed by atoms with Crippen molar-refractivity contribution in [2.75, 3.05) is 7.05 Å². The molecule has 0 spiro atoms. The van der Waals surface area contributed by atoms with Crippen molar-refractivity contribution in [3.05, 3.63) is 47.5 Å². The standard InChI is InChI=1S/C12H16N4/c1-9-3-5-10(6-4-9)7-11(13-2)12-14-8-15-16-12/h3-6,8,11,13H,7H2,1-2H3,(H,14,15,16). The van der Waals surface area contributed by atoms with Gasteiger partial charge in [-0.1, -0.05) is 29.8 Å². The summed E-state index contributed by atoms with van der Waals surface area (Å²) < 4.78 is 0. The van der Waals surface area contributed by atoms with Crippen molar-refractivity contribution in [1.29, 1.82) is 0 Å². The fourth-order valence-electron chi connectivity index (χ4n) is 1.68. The molecule has 1 aromatic carbocycles. The van der Waals surface area contributed by atoms with Gasteiger partial charge in [0, 0.05) is 0 Å². The van der Waals surface area contributed by atoms with Crippen LogP contribution in [0, 0.1) is 6.92 Å². The van der Waals surface area contributed by atoms with Crippen LogP contribution in [-0.2, 0) is 6.42 Å². The van der Waals surface area contributed by atoms with Crippen molar-refractivity contribution in [1.82, 2.24) is 20.5 Å². The number of nitrogens with one attached hydrogen (secondary N) is 2. The molecule has 0 aliphatic carbocycles. The fraction of sp³-hybridized carbons (Fsp3) is 0.333. The van der Waals surface area contributed by atoms with Crippen molar-refractivity contribution >= 4 is 0 Å². The Morgan fingerprint density at radius 3 is 2.62 bits per heavy atom. The summed E-state index contributed by atoms with van der Waals surface area (Å²) in [6, 6.07) is 8.74. The molecular weight excluding hydrogens is 200 g/mol. The van der Waals surface area contributed by atoms with Crippen LogP contribution < -0.4 is 5.32 Å². The molecule has 1 unspecified atom stereocenters. The van der Waals surface area contributed by atoms with Gasteiger partial charge in [0.25, 0.3) is 0 Å². The molecule has 1 aromatic heterocycles. The van der Waals surface area contributed by atoms with Crippen LogP contribution in [-0.4, -0.2) is 22.2 Å². The number of likely N-dealkylation sites (N-methyl/N-ethyl adjacent to an activating group) is 1. The zero-order valence-electron chi connectivity index (χ0n) is 9.57. The Morgan fingerprint density at radius 1 is 1.31 bits per heavy atom. The van der Waals surface area contributed by atoms with Crippen LogP contribution in [0.15, 0.2) is 30.6 Å². The quantitative estimate of drug-likeness (QED) is 0.816. The fourth-order valence-corrected chi connectivity index (χ4v) is 1.68. The Balaban J connectivity index is 2.10. The molecule has 1 heterocycles. The van der Waals surface area contributed by atoms with Gasteiger partial charge in [-0.2, -0.15) is 5.10 Å². The van der Waals surface area contributed by atoms with E-state index in [-0.39, 0.29) is 6.04 Å². The second-order valence-electron chi connectivity index (χ2n) is 3.90. The Hall–Kier alpha value is -1.68. The molecule has 2 N–H and O–H groups in total. The van der Waals surface area contributed by atoms with E-state index in [4.69, 9.17) is 0 Å². The maximum Gasteiger partial charge on any atom is 0.141 e. The van der Waals surface area contributed by atoms with Gasteiger partial charge in [-0.25, -0.2) is 4.98 Å². The Bertz CT molecular complexity index is 419. The summed E-state index contributed by atoms with van der Waals surface area (Å²) >= 11 is 0. The molecule has 84 valence electrons. The molecule has 0 saturated heterocycles. The molecule has 0 saturated carbocycles. The molecule has 16 heavy (non-hydrogen) atoms. The molecule has 2 rings (SSSR count). The number of nitrogens with zero attached hydrogens (tertiary/aromatic N) is 2. The van der Waals surface area contributed by atoms with Crippen molar-refractivity contribution in [3.63, 3.8) is 0 Å². The van der Waals surface area contributed by atoms with Gasteiger partial charge in [0.05, 0.1) is 6.04 Å². The number of hydrogen-bond donors (Lipinski definition) is 2. The first-order chi connectivity index (χ1) is 7.79. The van der Waals surface area contributed by atoms with E-state index in [2.05, 4.69) is 51.7 Å². The largest absolute Gasteiger partial charge is 0.310 e. The van der Waals surface area contributed by atoms with Crippen LogP contribution >= 0.6 is 0 Å². The molecular formula is C12H16N4. The molecule has 0 radical (unpaired) electrons. The third-order valence-electron chi connectivity index (χ3n) is 2.67. The van der Waals surface area contributed by atoms with Crippen molar-refractivity contribution in [2.45, 2.75) is 19.4 Å². The molecule has 0 bridgehead atoms. The van der Waals surface area contributed by atoms with Crippen LogP contribution in [0.4, 0.5) is 0 Å². The average molecular weight is 216 g/mol. The van der Waals surface area contributed by atoms with Gasteiger partial charge in [-0.05, 0) is 26.0 Å². The number of aryl methyl sites for hydroxylation is 1. The third-order valence-corrected chi connectivity index (χ3v) is 2.67. The van der Waals surface area contributed by atoms with Gasteiger partial charge in [-0.3, -0.25) is 5.10 Å². The molecule has 4 heteroatoms. The van der Waals surface area contributed by atoms with Gasteiger partial charge >= 0.3 is 0 Å². The average Bonchev–Trinajstić information content (AvgIpc) is 2.82. The highest BCUT2D eigenvalue weighted by molar-refractivity contribution is 5.22. The Labute approximate surface area is 95.1 Å². The lowest BCUT2D eigenvalue weighted by atomic mass is 10.0. The first-order valence-electron chi connectivity index (χ1n) is 5.37. The predicted octanol–water partition coefficient (Wildman–Crippen LogP) is 1.62. The number of aromatic nitrogens is 3. The van der Waals surface area contributed by atoms with Crippen LogP contribution in [0.1, 0.15) is 23.0 Å². The maximum absolute atomic E-state index is 4.17. The number of H-pyrrole nitrogens is 1. The van der Waals surface area contributed by atoms with Crippen molar-refractivity contribution in [2.24, 2.45) is 0 Å². The monoisotopic (exact) mass is 216 g/mol. The van der Waals surface area contributed by atoms with Gasteiger partial charge in [0.15, 0.2) is 0 Å². The minimum absolute atomic E-state index is 0.185. The van der Waals surface area contributed by atoms with Gasteiger partial charge in [-0.15, -0.1) is 0 Å². The summed E-state index contributed by atoms with van der Waals surface area (Å²) in [6.45, 7) is 2.09. The van der Waals surface area contributed by atoms with E-state index in [0.717, 1.165) is 12.2 Å². The van der Waals surface area contributed by atoms with E-state index in [0.29, 0.717) is 0 Å². The summed E-state index contributed by atoms with van der Waals surface area (Å²) in [6.07, 6.45) is 2.45. The van der Waals surface area contributed by atoms with E-state index in [1.807, 2.05) is 7.05 Å². The minimum Gasteiger partial charge on any atom is -0.310 e. The summed E-state index contributed by atoms with van der Waals surface area (Å²) in [4.78, 5) is 4.17. The molecule has 0 aliphatic heterocycles. The first-order valence-corrected chi connectivity index (χ1v) is 5.37. The van der Waals surface area contributed by atoms with Crippen molar-refractivity contribution in [3.8, 4) is 0 Å². The topological polar surface area (TPSA) is 53.6 Å². The van der Waals surface area contributed by atoms with Gasteiger partial charge in [0.2, 0.25) is 0 Å². The Morgan fingerprint density at radius 2 is 2.06 bits per heavy atom. The lowest BCUT2D eigenvalue weighted by molar-refractivity contribution is 0.559. The third kappa shape index (κ3) is 2.46. The molecule has 4 nitrogen and oxygen atoms in total. The number of aromatic amines is 1. The highest BCUT2D eigenvalue weighted by Gasteiger charge is 2.12. The zero-order valence-corrected chi connectivity index (χ0v) is 9.57. The molecule has 0 fully saturated rings. The van der Waals surface area contributed by atoms with E-state index < -0.39 is 0 Å². The molecule has 0 amide bonds. The van der Waals surface area contributed by atoms with Crippen LogP contribution in [0.5, 0.6) is 0 Å². The Kier molecular flexibility index (Phi) is 3.31. The maximum atomic E-state index is 4.17. The van der Waals surface area contributed by atoms with E-state index in [9.17, 15) is 0 Å². The van der Waals surface area contributed by atoms with Crippen molar-refractivity contribution < 1.29 is 0 Å². The zero-order chi connectivity index (χ0) is 11.4. The van der Waals surface area contributed by atoms with E-state index >= 15 is 0 Å². The predicted molar refractivity (Wildman–Crippen MR) is 63.1 cm³/mol. The lowest BCUT2D eigenvalue weighted by Gasteiger charge is -2.13.